The molecule has 0 saturated heterocycles. The summed E-state index contributed by atoms with van der Waals surface area (Å²) in [4.78, 5) is 38.2. The molecule has 0 amide bonds. The summed E-state index contributed by atoms with van der Waals surface area (Å²) >= 11 is 1.31. The highest BCUT2D eigenvalue weighted by atomic mass is 32.2. The Morgan fingerprint density at radius 3 is 1.87 bits per heavy atom. The molecule has 0 saturated carbocycles. The first kappa shape index (κ1) is 27.1. The Morgan fingerprint density at radius 2 is 1.29 bits per heavy atom. The Morgan fingerprint density at radius 1 is 0.737 bits per heavy atom. The highest BCUT2D eigenvalue weighted by Crippen LogP contribution is 2.20. The van der Waals surface area contributed by atoms with E-state index in [2.05, 4.69) is 10.2 Å². The molecule has 0 aliphatic carbocycles. The zero-order valence-corrected chi connectivity index (χ0v) is 21.3. The molecule has 6 nitrogen and oxygen atoms in total. The van der Waals surface area contributed by atoms with E-state index in [0.717, 1.165) is 0 Å². The van der Waals surface area contributed by atoms with E-state index in [-0.39, 0.29) is 42.2 Å². The number of Topliss-reactive ketones (excluding diaryl/α,β-unsaturated/α-hetero) is 2. The summed E-state index contributed by atoms with van der Waals surface area (Å²) in [6, 6.07) is 19.8. The van der Waals surface area contributed by atoms with Gasteiger partial charge < -0.3 is 0 Å². The van der Waals surface area contributed by atoms with E-state index in [1.807, 2.05) is 18.2 Å². The average Bonchev–Trinajstić information content (AvgIpc) is 2.93. The van der Waals surface area contributed by atoms with Crippen LogP contribution in [-0.2, 0) is 6.54 Å². The van der Waals surface area contributed by atoms with E-state index < -0.39 is 11.6 Å². The van der Waals surface area contributed by atoms with E-state index in [9.17, 15) is 23.2 Å². The number of aromatic nitrogens is 3. The minimum Gasteiger partial charge on any atom is -0.294 e. The highest BCUT2D eigenvalue weighted by Gasteiger charge is 2.16. The zero-order valence-electron chi connectivity index (χ0n) is 20.5. The van der Waals surface area contributed by atoms with Gasteiger partial charge in [0.05, 0.1) is 0 Å². The smallest absolute Gasteiger partial charge is 0.281 e. The van der Waals surface area contributed by atoms with Gasteiger partial charge in [0.1, 0.15) is 11.6 Å². The third-order valence-corrected chi connectivity index (χ3v) is 6.91. The van der Waals surface area contributed by atoms with E-state index in [1.54, 1.807) is 12.1 Å². The first-order chi connectivity index (χ1) is 18.4. The normalized spacial score (nSPS) is 10.9. The van der Waals surface area contributed by atoms with Crippen LogP contribution in [0, 0.1) is 11.6 Å². The molecular formula is C29H25F2N3O3S. The molecule has 1 heterocycles. The van der Waals surface area contributed by atoms with Crippen LogP contribution in [0.15, 0.2) is 88.8 Å². The number of halogens is 2. The van der Waals surface area contributed by atoms with Gasteiger partial charge in [-0.05, 0) is 61.4 Å². The molecule has 0 aliphatic heterocycles. The van der Waals surface area contributed by atoms with Crippen molar-refractivity contribution in [1.29, 1.82) is 0 Å². The number of rotatable bonds is 12. The predicted octanol–water partition coefficient (Wildman–Crippen LogP) is 6.00. The molecule has 4 aromatic rings. The van der Waals surface area contributed by atoms with Gasteiger partial charge in [0.15, 0.2) is 22.4 Å². The number of carbonyl (C=O) groups excluding carboxylic acids is 2. The summed E-state index contributed by atoms with van der Waals surface area (Å²) < 4.78 is 27.8. The molecule has 3 aromatic carbocycles. The lowest BCUT2D eigenvalue weighted by atomic mass is 10.1. The maximum Gasteiger partial charge on any atom is 0.281 e. The fourth-order valence-corrected chi connectivity index (χ4v) is 4.74. The maximum atomic E-state index is 13.4. The third kappa shape index (κ3) is 7.07. The molecular weight excluding hydrogens is 508 g/mol. The van der Waals surface area contributed by atoms with Gasteiger partial charge in [-0.2, -0.15) is 0 Å². The van der Waals surface area contributed by atoms with Gasteiger partial charge >= 0.3 is 0 Å². The molecule has 0 aliphatic rings. The molecule has 0 bridgehead atoms. The molecule has 0 N–H and O–H groups in total. The predicted molar refractivity (Wildman–Crippen MR) is 142 cm³/mol. The number of carbonyl (C=O) groups is 2. The second-order valence-electron chi connectivity index (χ2n) is 8.57. The summed E-state index contributed by atoms with van der Waals surface area (Å²) in [5.74, 6) is -0.526. The van der Waals surface area contributed by atoms with Gasteiger partial charge in [-0.1, -0.05) is 42.1 Å². The van der Waals surface area contributed by atoms with Crippen molar-refractivity contribution >= 4 is 23.3 Å². The third-order valence-electron chi connectivity index (χ3n) is 5.86. The van der Waals surface area contributed by atoms with Gasteiger partial charge in [0.25, 0.3) is 5.56 Å². The Balaban J connectivity index is 1.44. The molecule has 0 unspecified atom stereocenters. The molecule has 1 aromatic heterocycles. The Labute approximate surface area is 222 Å². The zero-order chi connectivity index (χ0) is 26.9. The number of ketones is 2. The fraction of sp³-hybridized carbons (Fsp3) is 0.207. The minimum atomic E-state index is -0.412. The monoisotopic (exact) mass is 533 g/mol. The average molecular weight is 534 g/mol. The summed E-state index contributed by atoms with van der Waals surface area (Å²) in [5, 5.41) is 8.86. The standard InChI is InChI=1S/C29H25F2N3O3S/c30-23-14-10-20(11-15-23)25(35)8-4-18-34-28(37)27(22-6-2-1-3-7-22)32-33-29(34)38-19-5-9-26(36)21-12-16-24(31)17-13-21/h1-3,6-7,10-17H,4-5,8-9,18-19H2. The van der Waals surface area contributed by atoms with Crippen LogP contribution in [-0.4, -0.2) is 32.1 Å². The van der Waals surface area contributed by atoms with E-state index in [1.165, 1.54) is 64.9 Å². The van der Waals surface area contributed by atoms with Crippen LogP contribution in [0.1, 0.15) is 46.4 Å². The second-order valence-corrected chi connectivity index (χ2v) is 9.63. The van der Waals surface area contributed by atoms with E-state index in [0.29, 0.717) is 40.4 Å². The number of hydrogen-bond acceptors (Lipinski definition) is 6. The summed E-state index contributed by atoms with van der Waals surface area (Å²) in [6.45, 7) is 0.248. The molecule has 4 rings (SSSR count). The summed E-state index contributed by atoms with van der Waals surface area (Å²) in [5.41, 5.74) is 1.40. The topological polar surface area (TPSA) is 81.9 Å². The largest absolute Gasteiger partial charge is 0.294 e. The summed E-state index contributed by atoms with van der Waals surface area (Å²) in [7, 11) is 0. The van der Waals surface area contributed by atoms with Crippen LogP contribution in [0.3, 0.4) is 0 Å². The van der Waals surface area contributed by atoms with Crippen molar-refractivity contribution in [2.75, 3.05) is 5.75 Å². The molecule has 0 fully saturated rings. The molecule has 0 atom stereocenters. The molecule has 9 heteroatoms. The van der Waals surface area contributed by atoms with Gasteiger partial charge in [-0.25, -0.2) is 8.78 Å². The molecule has 38 heavy (non-hydrogen) atoms. The highest BCUT2D eigenvalue weighted by molar-refractivity contribution is 7.99. The molecule has 194 valence electrons. The minimum absolute atomic E-state index is 0.0900. The van der Waals surface area contributed by atoms with Gasteiger partial charge in [0, 0.05) is 41.8 Å². The van der Waals surface area contributed by atoms with Gasteiger partial charge in [-0.3, -0.25) is 19.0 Å². The van der Waals surface area contributed by atoms with Crippen LogP contribution in [0.4, 0.5) is 8.78 Å². The summed E-state index contributed by atoms with van der Waals surface area (Å²) in [6.07, 6.45) is 1.36. The number of nitrogens with zero attached hydrogens (tertiary/aromatic N) is 3. The fourth-order valence-electron chi connectivity index (χ4n) is 3.84. The molecule has 0 spiro atoms. The quantitative estimate of drug-likeness (QED) is 0.126. The van der Waals surface area contributed by atoms with Gasteiger partial charge in [0.2, 0.25) is 0 Å². The van der Waals surface area contributed by atoms with Crippen LogP contribution >= 0.6 is 11.8 Å². The van der Waals surface area contributed by atoms with Crippen molar-refractivity contribution in [3.05, 3.63) is 112 Å². The van der Waals surface area contributed by atoms with Crippen molar-refractivity contribution in [2.45, 2.75) is 37.4 Å². The lowest BCUT2D eigenvalue weighted by Gasteiger charge is -2.12. The number of hydrogen-bond donors (Lipinski definition) is 0. The van der Waals surface area contributed by atoms with Crippen LogP contribution in [0.25, 0.3) is 11.3 Å². The second kappa shape index (κ2) is 13.0. The van der Waals surface area contributed by atoms with E-state index >= 15 is 0 Å². The number of benzene rings is 3. The van der Waals surface area contributed by atoms with Crippen molar-refractivity contribution < 1.29 is 18.4 Å². The van der Waals surface area contributed by atoms with Crippen LogP contribution in [0.2, 0.25) is 0 Å². The Kier molecular flexibility index (Phi) is 9.26. The van der Waals surface area contributed by atoms with E-state index in [4.69, 9.17) is 0 Å². The van der Waals surface area contributed by atoms with Crippen LogP contribution in [0.5, 0.6) is 0 Å². The first-order valence-electron chi connectivity index (χ1n) is 12.2. The van der Waals surface area contributed by atoms with Crippen molar-refractivity contribution in [2.24, 2.45) is 0 Å². The van der Waals surface area contributed by atoms with Crippen LogP contribution < -0.4 is 5.56 Å². The van der Waals surface area contributed by atoms with Gasteiger partial charge in [-0.15, -0.1) is 10.2 Å². The maximum absolute atomic E-state index is 13.4. The molecule has 0 radical (unpaired) electrons. The van der Waals surface area contributed by atoms with Crippen molar-refractivity contribution in [3.8, 4) is 11.3 Å². The van der Waals surface area contributed by atoms with Crippen molar-refractivity contribution in [1.82, 2.24) is 14.8 Å². The number of thioether (sulfide) groups is 1. The van der Waals surface area contributed by atoms with Crippen molar-refractivity contribution in [3.63, 3.8) is 0 Å². The lowest BCUT2D eigenvalue weighted by Crippen LogP contribution is -2.26. The first-order valence-corrected chi connectivity index (χ1v) is 13.1. The lowest BCUT2D eigenvalue weighted by molar-refractivity contribution is 0.0972. The SMILES string of the molecule is O=C(CCCSc1nnc(-c2ccccc2)c(=O)n1CCCC(=O)c1ccc(F)cc1)c1ccc(F)cc1. The Bertz CT molecular complexity index is 1460. The Hall–Kier alpha value is -3.98.